The van der Waals surface area contributed by atoms with Crippen LogP contribution in [0.2, 0.25) is 0 Å². The molecule has 6 fully saturated rings. The summed E-state index contributed by atoms with van der Waals surface area (Å²) in [5, 5.41) is 194. The van der Waals surface area contributed by atoms with Crippen molar-refractivity contribution in [3.05, 3.63) is 0 Å². The molecule has 6 rings (SSSR count). The molecule has 79 heavy (non-hydrogen) atoms. The van der Waals surface area contributed by atoms with Crippen molar-refractivity contribution in [3.63, 3.8) is 0 Å². The van der Waals surface area contributed by atoms with Crippen molar-refractivity contribution in [1.29, 1.82) is 0 Å². The number of rotatable bonds is 24. The maximum Gasteiger partial charge on any atom is 0.233 e. The zero-order valence-corrected chi connectivity index (χ0v) is 42.0. The van der Waals surface area contributed by atoms with Gasteiger partial charge in [-0.2, -0.15) is 0 Å². The fourth-order valence-corrected chi connectivity index (χ4v) is 9.42. The first-order valence-electron chi connectivity index (χ1n) is 24.3. The smallest absolute Gasteiger partial charge is 0.233 e. The second-order valence-electron chi connectivity index (χ2n) is 19.0. The number of ether oxygens (including phenoxy) is 12. The van der Waals surface area contributed by atoms with E-state index in [0.29, 0.717) is 0 Å². The van der Waals surface area contributed by atoms with Crippen molar-refractivity contribution in [2.24, 2.45) is 5.84 Å². The molecule has 38 nitrogen and oxygen atoms in total. The highest BCUT2D eigenvalue weighted by Crippen LogP contribution is 2.36. The molecule has 0 aliphatic carbocycles. The standard InChI is InChI=1S/C40H71N2O36P/c41-42-16(45)2-1-3-65-36-31(60)32(76-40-34(27(56)18(47)11(5-44)71-40)78-38-30(59)25(54)21(50)15(75-38)9-69-79(62,63)64)22(51)13(73-36)7-66-35-28(57)23(52)19(48)12(72-35)6-67-39-33(26(55)17(46)10(4-43)70-39)77-37-29(58)24(53)20(49)14(74-37)8-68-61/h10-15,17-40,43-44,46-61H,1-9,41H2,(H,42,45)(H2,62,63,64)/p-3/t10?,11?,12?,13?,14?,15?,17-,18-,19-,20-,21-,22-,23+,24+,25+,26+,27+,28?,29?,30?,31?,32+,33?,34?,35+,36-,37+,38-,39+,40+/m1/s1. The van der Waals surface area contributed by atoms with Crippen LogP contribution in [0.4, 0.5) is 0 Å². The van der Waals surface area contributed by atoms with Gasteiger partial charge in [-0.3, -0.25) is 10.2 Å². The average Bonchev–Trinajstić information content (AvgIpc) is 3.55. The van der Waals surface area contributed by atoms with E-state index in [1.165, 1.54) is 0 Å². The van der Waals surface area contributed by atoms with Gasteiger partial charge in [0.25, 0.3) is 0 Å². The minimum atomic E-state index is -5.71. The highest BCUT2D eigenvalue weighted by Gasteiger charge is 2.56. The number of phosphoric ester groups is 1. The summed E-state index contributed by atoms with van der Waals surface area (Å²) in [6.07, 6.45) is -60.4. The SMILES string of the molecule is NNC(=O)CCCO[C@@H]1OC(CO[C@H]2OC(CO[C@H]3OC(CO)[C@@H](O)[C@H](O)C3O[C@@H]3OC(CO[O-])[C@@H](O)[C@H](O)C3O)[C@@H](O)[C@H](O)C2O)[C@@H](O)[C@H](O[C@@H]2OC(CO)[C@@H](O)[C@H](O)C2O[C@H]2OC(COP(=O)([O-])[O-])[C@@H](O)[C@H](O)C2O)C1O. The molecule has 0 saturated carbocycles. The van der Waals surface area contributed by atoms with Crippen molar-refractivity contribution in [1.82, 2.24) is 5.43 Å². The number of hydrazine groups is 1. The number of phosphoric acid groups is 1. The molecule has 6 saturated heterocycles. The predicted molar refractivity (Wildman–Crippen MR) is 230 cm³/mol. The molecule has 0 aromatic heterocycles. The van der Waals surface area contributed by atoms with Gasteiger partial charge in [-0.1, -0.05) is 0 Å². The highest BCUT2D eigenvalue weighted by molar-refractivity contribution is 7.43. The Balaban J connectivity index is 1.19. The molecule has 0 aromatic rings. The number of hydrogen-bond donors (Lipinski definition) is 19. The summed E-state index contributed by atoms with van der Waals surface area (Å²) >= 11 is 0. The number of carbonyl (C=O) groups excluding carboxylic acids is 1. The van der Waals surface area contributed by atoms with Crippen LogP contribution in [0.3, 0.4) is 0 Å². The number of amides is 1. The van der Waals surface area contributed by atoms with Gasteiger partial charge in [0.05, 0.1) is 54.1 Å². The summed E-state index contributed by atoms with van der Waals surface area (Å²) in [5.41, 5.74) is 1.89. The van der Waals surface area contributed by atoms with Gasteiger partial charge in [-0.05, 0) is 6.42 Å². The monoisotopic (exact) mass is 1180 g/mol. The molecule has 6 heterocycles. The molecule has 462 valence electrons. The summed E-state index contributed by atoms with van der Waals surface area (Å²) in [4.78, 5) is 37.8. The zero-order chi connectivity index (χ0) is 58.4. The number of hydrogen-bond acceptors (Lipinski definition) is 37. The van der Waals surface area contributed by atoms with Crippen LogP contribution in [0, 0.1) is 0 Å². The average molecular weight is 1180 g/mol. The Morgan fingerprint density at radius 1 is 0.443 bits per heavy atom. The molecular formula is C40H68N2O36P-3. The second kappa shape index (κ2) is 29.4. The topological polar surface area (TPSA) is 615 Å². The van der Waals surface area contributed by atoms with Gasteiger partial charge < -0.3 is 173 Å². The summed E-state index contributed by atoms with van der Waals surface area (Å²) in [7, 11) is -5.71. The molecule has 0 bridgehead atoms. The van der Waals surface area contributed by atoms with E-state index in [2.05, 4.69) is 9.41 Å². The third-order valence-electron chi connectivity index (χ3n) is 13.6. The first-order chi connectivity index (χ1) is 37.3. The maximum absolute atomic E-state index is 11.8. The summed E-state index contributed by atoms with van der Waals surface area (Å²) in [5.74, 6) is 4.50. The van der Waals surface area contributed by atoms with Gasteiger partial charge >= 0.3 is 0 Å². The Morgan fingerprint density at radius 2 is 0.823 bits per heavy atom. The molecule has 0 aromatic carbocycles. The van der Waals surface area contributed by atoms with Gasteiger partial charge in [0, 0.05) is 6.42 Å². The molecular weight excluding hydrogens is 1120 g/mol. The number of aliphatic hydroxyl groups excluding tert-OH is 17. The molecule has 20 N–H and O–H groups in total. The molecule has 39 heteroatoms. The summed E-state index contributed by atoms with van der Waals surface area (Å²) in [6.45, 7) is -6.29. The van der Waals surface area contributed by atoms with Crippen LogP contribution >= 0.6 is 7.82 Å². The van der Waals surface area contributed by atoms with Crippen molar-refractivity contribution in [2.75, 3.05) is 46.2 Å². The number of nitrogens with one attached hydrogen (secondary N) is 1. The number of aliphatic hydroxyl groups is 17. The molecule has 1 amide bonds. The maximum atomic E-state index is 11.8. The summed E-state index contributed by atoms with van der Waals surface area (Å²) < 4.78 is 82.9. The van der Waals surface area contributed by atoms with Gasteiger partial charge in [-0.15, -0.1) is 0 Å². The van der Waals surface area contributed by atoms with Crippen LogP contribution in [-0.2, 0) is 75.6 Å². The van der Waals surface area contributed by atoms with E-state index in [1.54, 1.807) is 0 Å². The molecule has 30 atom stereocenters. The second-order valence-corrected chi connectivity index (χ2v) is 20.2. The lowest BCUT2D eigenvalue weighted by molar-refractivity contribution is -0.692. The molecule has 0 radical (unpaired) electrons. The van der Waals surface area contributed by atoms with Crippen LogP contribution in [0.1, 0.15) is 12.8 Å². The van der Waals surface area contributed by atoms with Crippen molar-refractivity contribution in [2.45, 2.75) is 197 Å². The van der Waals surface area contributed by atoms with Crippen LogP contribution in [0.25, 0.3) is 0 Å². The van der Waals surface area contributed by atoms with E-state index in [0.717, 1.165) is 0 Å². The number of carbonyl (C=O) groups is 1. The van der Waals surface area contributed by atoms with Crippen LogP contribution in [0.5, 0.6) is 0 Å². The first kappa shape index (κ1) is 66.4. The minimum Gasteiger partial charge on any atom is -0.790 e. The van der Waals surface area contributed by atoms with Gasteiger partial charge in [0.15, 0.2) is 37.7 Å². The number of nitrogens with two attached hydrogens (primary N) is 1. The van der Waals surface area contributed by atoms with E-state index in [1.807, 2.05) is 5.43 Å². The Kier molecular flexibility index (Phi) is 24.7. The Morgan fingerprint density at radius 3 is 1.30 bits per heavy atom. The quantitative estimate of drug-likeness (QED) is 0.0107. The predicted octanol–water partition coefficient (Wildman–Crippen LogP) is -16.2. The fourth-order valence-electron chi connectivity index (χ4n) is 9.09. The van der Waals surface area contributed by atoms with Gasteiger partial charge in [-0.25, -0.2) is 5.84 Å². The Hall–Kier alpha value is -1.70. The molecule has 6 aliphatic heterocycles. The lowest BCUT2D eigenvalue weighted by atomic mass is 9.96. The van der Waals surface area contributed by atoms with Crippen molar-refractivity contribution in [3.8, 4) is 0 Å². The van der Waals surface area contributed by atoms with E-state index in [9.17, 15) is 111 Å². The molecule has 0 spiro atoms. The third-order valence-corrected chi connectivity index (χ3v) is 14.1. The van der Waals surface area contributed by atoms with E-state index in [-0.39, 0.29) is 19.4 Å². The Labute approximate surface area is 445 Å². The third kappa shape index (κ3) is 16.0. The van der Waals surface area contributed by atoms with Crippen LogP contribution < -0.4 is 26.3 Å². The van der Waals surface area contributed by atoms with E-state index < -0.39 is 238 Å². The van der Waals surface area contributed by atoms with E-state index in [4.69, 9.17) is 62.7 Å². The highest BCUT2D eigenvalue weighted by atomic mass is 31.2. The van der Waals surface area contributed by atoms with Crippen LogP contribution in [-0.4, -0.2) is 323 Å². The molecule has 6 aliphatic rings. The zero-order valence-electron chi connectivity index (χ0n) is 41.1. The molecule has 12 unspecified atom stereocenters. The van der Waals surface area contributed by atoms with Gasteiger partial charge in [0.2, 0.25) is 5.91 Å². The lowest BCUT2D eigenvalue weighted by Gasteiger charge is -2.49. The summed E-state index contributed by atoms with van der Waals surface area (Å²) in [6, 6.07) is 0. The van der Waals surface area contributed by atoms with Crippen LogP contribution in [0.15, 0.2) is 0 Å². The fraction of sp³-hybridized carbons (Fsp3) is 0.975. The Bertz CT molecular complexity index is 1910. The van der Waals surface area contributed by atoms with E-state index >= 15 is 0 Å². The normalized spacial score (nSPS) is 47.2. The lowest BCUT2D eigenvalue weighted by Crippen LogP contribution is -2.67. The van der Waals surface area contributed by atoms with Gasteiger partial charge in [0.1, 0.15) is 146 Å². The van der Waals surface area contributed by atoms with Crippen molar-refractivity contribution >= 4 is 13.7 Å². The first-order valence-corrected chi connectivity index (χ1v) is 25.8. The minimum absolute atomic E-state index is 0.0704. The van der Waals surface area contributed by atoms with Crippen molar-refractivity contribution < 1.29 is 177 Å². The largest absolute Gasteiger partial charge is 0.790 e.